The van der Waals surface area contributed by atoms with E-state index in [-0.39, 0.29) is 18.9 Å². The Kier molecular flexibility index (Phi) is 23.7. The van der Waals surface area contributed by atoms with Crippen molar-refractivity contribution in [3.63, 3.8) is 0 Å². The van der Waals surface area contributed by atoms with Gasteiger partial charge < -0.3 is 17.2 Å². The maximum atomic E-state index is 8.68. The van der Waals surface area contributed by atoms with E-state index in [1.54, 1.807) is 0 Å². The van der Waals surface area contributed by atoms with Gasteiger partial charge in [0, 0.05) is 0 Å². The minimum absolute atomic E-state index is 0. The van der Waals surface area contributed by atoms with E-state index in [2.05, 4.69) is 0 Å². The van der Waals surface area contributed by atoms with E-state index in [4.69, 9.17) is 20.6 Å². The van der Waals surface area contributed by atoms with Crippen LogP contribution in [0.3, 0.4) is 0 Å². The van der Waals surface area contributed by atoms with Crippen LogP contribution in [0.2, 0.25) is 0 Å². The van der Waals surface area contributed by atoms with E-state index in [0.29, 0.717) is 0 Å². The summed E-state index contributed by atoms with van der Waals surface area (Å²) in [6.07, 6.45) is 0. The fourth-order valence-electron chi connectivity index (χ4n) is 0. The summed E-state index contributed by atoms with van der Waals surface area (Å²) < 4.78 is 50.2. The second-order valence-corrected chi connectivity index (χ2v) is 2.62. The summed E-state index contributed by atoms with van der Waals surface area (Å²) in [6, 6.07) is 0. The van der Waals surface area contributed by atoms with Crippen molar-refractivity contribution in [1.82, 2.24) is 0 Å². The van der Waals surface area contributed by atoms with Crippen LogP contribution in [0.25, 0.3) is 0 Å². The SMILES string of the molecule is [Li+].[O-][I+2]([O-])O.[O-][I+2]([O-])[O-]. The molecule has 0 rings (SSSR count). The summed E-state index contributed by atoms with van der Waals surface area (Å²) in [5, 5.41) is 0. The third-order valence-electron chi connectivity index (χ3n) is 0. The molecule has 0 atom stereocenters. The molecule has 0 radical (unpaired) electrons. The quantitative estimate of drug-likeness (QED) is 0.338. The molecule has 0 unspecified atom stereocenters. The van der Waals surface area contributed by atoms with Crippen LogP contribution in [-0.4, -0.2) is 3.44 Å². The zero-order valence-corrected chi connectivity index (χ0v) is 8.56. The van der Waals surface area contributed by atoms with E-state index in [1.165, 1.54) is 0 Å². The van der Waals surface area contributed by atoms with Crippen LogP contribution in [0.5, 0.6) is 0 Å². The molecule has 0 aliphatic carbocycles. The molecule has 9 heteroatoms. The average molecular weight is 358 g/mol. The first-order chi connectivity index (χ1) is 3.46. The fourth-order valence-corrected chi connectivity index (χ4v) is 0. The minimum Gasteiger partial charge on any atom is -0.427 e. The summed E-state index contributed by atoms with van der Waals surface area (Å²) >= 11 is -7.78. The Balaban J connectivity index is -0.0000000720. The molecule has 0 aliphatic heterocycles. The largest absolute Gasteiger partial charge is 1.00 e. The standard InChI is InChI=1S/HIO3.IO3.Li/c2*2-1(3)4;/h2H;;/q;-1;+1. The summed E-state index contributed by atoms with van der Waals surface area (Å²) in [5.74, 6) is 0. The zero-order valence-electron chi connectivity index (χ0n) is 4.24. The first-order valence-corrected chi connectivity index (χ1v) is 6.31. The summed E-state index contributed by atoms with van der Waals surface area (Å²) in [5.41, 5.74) is 0. The molecule has 0 saturated heterocycles. The van der Waals surface area contributed by atoms with E-state index < -0.39 is 42.1 Å². The number of hydrogen-bond acceptors (Lipinski definition) is 6. The zero-order chi connectivity index (χ0) is 7.15. The minimum atomic E-state index is -4.01. The second-order valence-electron chi connectivity index (χ2n) is 0.390. The van der Waals surface area contributed by atoms with Gasteiger partial charge in [0.15, 0.2) is 0 Å². The van der Waals surface area contributed by atoms with Crippen molar-refractivity contribution in [1.29, 1.82) is 0 Å². The molecule has 0 aromatic rings. The smallest absolute Gasteiger partial charge is 0.427 e. The molecule has 0 saturated carbocycles. The molecular weight excluding hydrogens is 357 g/mol. The first-order valence-electron chi connectivity index (χ1n) is 0.941. The van der Waals surface area contributed by atoms with E-state index in [9.17, 15) is 0 Å². The van der Waals surface area contributed by atoms with Crippen molar-refractivity contribution in [2.24, 2.45) is 0 Å². The third kappa shape index (κ3) is 182. The topological polar surface area (TPSA) is 136 Å². The summed E-state index contributed by atoms with van der Waals surface area (Å²) in [6.45, 7) is 0. The van der Waals surface area contributed by atoms with Gasteiger partial charge >= 0.3 is 39.9 Å². The Bertz CT molecular complexity index is 26.5. The van der Waals surface area contributed by atoms with Crippen LogP contribution in [0.1, 0.15) is 0 Å². The van der Waals surface area contributed by atoms with Gasteiger partial charge in [0.1, 0.15) is 0 Å². The van der Waals surface area contributed by atoms with Gasteiger partial charge in [0.05, 0.1) is 0 Å². The summed E-state index contributed by atoms with van der Waals surface area (Å²) in [4.78, 5) is 0. The summed E-state index contributed by atoms with van der Waals surface area (Å²) in [7, 11) is 0. The number of hydrogen-bond donors (Lipinski definition) is 1. The first kappa shape index (κ1) is 17.1. The number of rotatable bonds is 0. The van der Waals surface area contributed by atoms with Crippen molar-refractivity contribution >= 4 is 0 Å². The van der Waals surface area contributed by atoms with Crippen molar-refractivity contribution < 1.29 is 81.6 Å². The second kappa shape index (κ2) is 12.5. The molecule has 9 heavy (non-hydrogen) atoms. The van der Waals surface area contributed by atoms with Crippen molar-refractivity contribution in [3.05, 3.63) is 0 Å². The van der Waals surface area contributed by atoms with Crippen LogP contribution >= 0.6 is 0 Å². The van der Waals surface area contributed by atoms with Gasteiger partial charge in [-0.25, -0.2) is 0 Å². The van der Waals surface area contributed by atoms with E-state index in [0.717, 1.165) is 0 Å². The molecular formula is HI2LiO6. The normalized spacial score (nSPS) is 8.00. The maximum absolute atomic E-state index is 8.68. The molecule has 0 aliphatic rings. The average Bonchev–Trinajstić information content (AvgIpc) is 1.25. The Morgan fingerprint density at radius 1 is 0.889 bits per heavy atom. The molecule has 0 heterocycles. The molecule has 0 aromatic heterocycles. The van der Waals surface area contributed by atoms with Crippen LogP contribution in [0, 0.1) is 0 Å². The van der Waals surface area contributed by atoms with Crippen molar-refractivity contribution in [2.75, 3.05) is 0 Å². The Morgan fingerprint density at radius 3 is 0.889 bits per heavy atom. The van der Waals surface area contributed by atoms with Gasteiger partial charge in [0.2, 0.25) is 0 Å². The molecule has 1 N–H and O–H groups in total. The molecule has 0 spiro atoms. The van der Waals surface area contributed by atoms with Gasteiger partial charge in [-0.05, 0) is 3.44 Å². The maximum Gasteiger partial charge on any atom is 1.00 e. The Labute approximate surface area is 80.8 Å². The molecule has 0 amide bonds. The van der Waals surface area contributed by atoms with Crippen molar-refractivity contribution in [2.45, 2.75) is 0 Å². The molecule has 0 fully saturated rings. The van der Waals surface area contributed by atoms with E-state index >= 15 is 0 Å². The van der Waals surface area contributed by atoms with Gasteiger partial charge in [-0.15, -0.1) is 0 Å². The van der Waals surface area contributed by atoms with Crippen LogP contribution < -0.4 is 78.2 Å². The van der Waals surface area contributed by atoms with Gasteiger partial charge in [0.25, 0.3) is 21.1 Å². The van der Waals surface area contributed by atoms with Crippen LogP contribution in [0.15, 0.2) is 0 Å². The van der Waals surface area contributed by atoms with E-state index in [1.807, 2.05) is 0 Å². The van der Waals surface area contributed by atoms with Gasteiger partial charge in [-0.2, -0.15) is 0 Å². The Morgan fingerprint density at radius 2 is 0.889 bits per heavy atom. The monoisotopic (exact) mass is 358 g/mol. The predicted molar refractivity (Wildman–Crippen MR) is 2.22 cm³/mol. The molecule has 0 aromatic carbocycles. The molecule has 6 nitrogen and oxygen atoms in total. The number of halogens is 2. The van der Waals surface area contributed by atoms with Crippen molar-refractivity contribution in [3.8, 4) is 0 Å². The Hall–Kier alpha value is 1.82. The third-order valence-corrected chi connectivity index (χ3v) is 0. The van der Waals surface area contributed by atoms with Crippen LogP contribution in [-0.2, 0) is 0 Å². The van der Waals surface area contributed by atoms with Gasteiger partial charge in [-0.1, -0.05) is 0 Å². The van der Waals surface area contributed by atoms with Crippen LogP contribution in [0.4, 0.5) is 0 Å². The molecule has 52 valence electrons. The fraction of sp³-hybridized carbons (Fsp3) is 0. The van der Waals surface area contributed by atoms with Gasteiger partial charge in [-0.3, -0.25) is 0 Å². The molecule has 0 bridgehead atoms. The predicted octanol–water partition coefficient (Wildman–Crippen LogP) is -15.5.